The molecule has 0 radical (unpaired) electrons. The minimum atomic E-state index is -0.534. The number of rotatable bonds is 4. The third-order valence-electron chi connectivity index (χ3n) is 4.09. The number of alkyl carbamates (subject to hydrolysis) is 1. The number of amides is 1. The molecule has 27 heavy (non-hydrogen) atoms. The van der Waals surface area contributed by atoms with Crippen molar-refractivity contribution in [3.05, 3.63) is 90.0 Å². The fourth-order valence-electron chi connectivity index (χ4n) is 2.86. The third-order valence-corrected chi connectivity index (χ3v) is 4.09. The summed E-state index contributed by atoms with van der Waals surface area (Å²) in [6.45, 7) is 5.57. The summed E-state index contributed by atoms with van der Waals surface area (Å²) in [7, 11) is 0. The molecule has 0 aliphatic rings. The third kappa shape index (κ3) is 5.45. The van der Waals surface area contributed by atoms with E-state index in [1.54, 1.807) is 0 Å². The summed E-state index contributed by atoms with van der Waals surface area (Å²) >= 11 is 0. The molecule has 0 aromatic heterocycles. The highest BCUT2D eigenvalue weighted by Gasteiger charge is 2.19. The standard InChI is InChI=1S/C24H25NO2/c1-24(2,3)27-23(26)25-22(20-10-5-4-6-11-20)16-14-18-13-15-19-9-7-8-12-21(19)17-18/h4-17,22H,1-3H3,(H,25,26)/b16-14+/t22-/m1/s1. The van der Waals surface area contributed by atoms with Crippen LogP contribution < -0.4 is 5.32 Å². The Morgan fingerprint density at radius 2 is 1.59 bits per heavy atom. The molecule has 3 rings (SSSR count). The summed E-state index contributed by atoms with van der Waals surface area (Å²) in [5, 5.41) is 5.35. The fraction of sp³-hybridized carbons (Fsp3) is 0.208. The van der Waals surface area contributed by atoms with E-state index in [-0.39, 0.29) is 6.04 Å². The lowest BCUT2D eigenvalue weighted by atomic mass is 10.0. The Hall–Kier alpha value is -3.07. The maximum absolute atomic E-state index is 12.3. The van der Waals surface area contributed by atoms with Crippen LogP contribution in [0.2, 0.25) is 0 Å². The van der Waals surface area contributed by atoms with Gasteiger partial charge in [-0.25, -0.2) is 4.79 Å². The van der Waals surface area contributed by atoms with E-state index in [2.05, 4.69) is 35.6 Å². The maximum atomic E-state index is 12.3. The molecule has 0 saturated carbocycles. The molecule has 3 aromatic carbocycles. The van der Waals surface area contributed by atoms with Crippen LogP contribution in [-0.4, -0.2) is 11.7 Å². The van der Waals surface area contributed by atoms with Gasteiger partial charge in [0.25, 0.3) is 0 Å². The number of ether oxygens (including phenoxy) is 1. The lowest BCUT2D eigenvalue weighted by Crippen LogP contribution is -2.34. The van der Waals surface area contributed by atoms with Crippen LogP contribution in [0.5, 0.6) is 0 Å². The number of nitrogens with one attached hydrogen (secondary N) is 1. The molecule has 0 bridgehead atoms. The zero-order valence-corrected chi connectivity index (χ0v) is 16.0. The Labute approximate surface area is 160 Å². The quantitative estimate of drug-likeness (QED) is 0.609. The van der Waals surface area contributed by atoms with Crippen molar-refractivity contribution in [3.63, 3.8) is 0 Å². The molecular weight excluding hydrogens is 334 g/mol. The molecule has 0 spiro atoms. The van der Waals surface area contributed by atoms with Crippen LogP contribution in [-0.2, 0) is 4.74 Å². The normalized spacial score (nSPS) is 12.9. The van der Waals surface area contributed by atoms with Gasteiger partial charge in [-0.2, -0.15) is 0 Å². The molecule has 1 atom stereocenters. The first-order valence-corrected chi connectivity index (χ1v) is 9.12. The van der Waals surface area contributed by atoms with E-state index in [1.165, 1.54) is 10.8 Å². The Morgan fingerprint density at radius 3 is 2.30 bits per heavy atom. The lowest BCUT2D eigenvalue weighted by Gasteiger charge is -2.22. The first-order valence-electron chi connectivity index (χ1n) is 9.12. The average Bonchev–Trinajstić information content (AvgIpc) is 2.64. The van der Waals surface area contributed by atoms with Gasteiger partial charge in [-0.05, 0) is 48.7 Å². The topological polar surface area (TPSA) is 38.3 Å². The van der Waals surface area contributed by atoms with E-state index in [9.17, 15) is 4.79 Å². The summed E-state index contributed by atoms with van der Waals surface area (Å²) in [4.78, 5) is 12.3. The van der Waals surface area contributed by atoms with Crippen molar-refractivity contribution in [3.8, 4) is 0 Å². The highest BCUT2D eigenvalue weighted by atomic mass is 16.6. The van der Waals surface area contributed by atoms with Gasteiger partial charge in [0.2, 0.25) is 0 Å². The van der Waals surface area contributed by atoms with Crippen LogP contribution in [0.3, 0.4) is 0 Å². The van der Waals surface area contributed by atoms with Crippen molar-refractivity contribution in [1.82, 2.24) is 5.32 Å². The summed E-state index contributed by atoms with van der Waals surface area (Å²) in [5.74, 6) is 0. The van der Waals surface area contributed by atoms with Crippen LogP contribution in [0, 0.1) is 0 Å². The van der Waals surface area contributed by atoms with E-state index in [1.807, 2.05) is 75.4 Å². The second kappa shape index (κ2) is 8.09. The van der Waals surface area contributed by atoms with Gasteiger partial charge >= 0.3 is 6.09 Å². The predicted molar refractivity (Wildman–Crippen MR) is 112 cm³/mol. The van der Waals surface area contributed by atoms with Gasteiger partial charge in [0.1, 0.15) is 5.60 Å². The maximum Gasteiger partial charge on any atom is 0.408 e. The zero-order valence-electron chi connectivity index (χ0n) is 16.0. The molecule has 0 heterocycles. The summed E-state index contributed by atoms with van der Waals surface area (Å²) < 4.78 is 5.42. The lowest BCUT2D eigenvalue weighted by molar-refractivity contribution is 0.0514. The molecule has 138 valence electrons. The largest absolute Gasteiger partial charge is 0.444 e. The van der Waals surface area contributed by atoms with Gasteiger partial charge in [-0.15, -0.1) is 0 Å². The number of fused-ring (bicyclic) bond motifs is 1. The Morgan fingerprint density at radius 1 is 0.926 bits per heavy atom. The molecule has 1 amide bonds. The second-order valence-corrected chi connectivity index (χ2v) is 7.50. The van der Waals surface area contributed by atoms with Crippen molar-refractivity contribution < 1.29 is 9.53 Å². The first-order chi connectivity index (χ1) is 12.9. The van der Waals surface area contributed by atoms with Crippen molar-refractivity contribution >= 4 is 22.9 Å². The van der Waals surface area contributed by atoms with Gasteiger partial charge in [0.05, 0.1) is 6.04 Å². The molecule has 3 heteroatoms. The molecule has 1 N–H and O–H groups in total. The van der Waals surface area contributed by atoms with Crippen LogP contribution >= 0.6 is 0 Å². The molecule has 0 aliphatic carbocycles. The zero-order chi connectivity index (χ0) is 19.3. The average molecular weight is 359 g/mol. The molecule has 3 nitrogen and oxygen atoms in total. The number of carbonyl (C=O) groups excluding carboxylic acids is 1. The van der Waals surface area contributed by atoms with Crippen molar-refractivity contribution in [2.45, 2.75) is 32.4 Å². The van der Waals surface area contributed by atoms with Gasteiger partial charge in [-0.3, -0.25) is 0 Å². The van der Waals surface area contributed by atoms with Crippen molar-refractivity contribution in [2.75, 3.05) is 0 Å². The SMILES string of the molecule is CC(C)(C)OC(=O)N[C@H](/C=C/c1ccc2ccccc2c1)c1ccccc1. The minimum Gasteiger partial charge on any atom is -0.444 e. The number of hydrogen-bond donors (Lipinski definition) is 1. The van der Waals surface area contributed by atoms with Crippen molar-refractivity contribution in [2.24, 2.45) is 0 Å². The predicted octanol–water partition coefficient (Wildman–Crippen LogP) is 6.12. The first kappa shape index (κ1) is 18.7. The summed E-state index contributed by atoms with van der Waals surface area (Å²) in [6.07, 6.45) is 3.59. The van der Waals surface area contributed by atoms with E-state index < -0.39 is 11.7 Å². The van der Waals surface area contributed by atoms with Gasteiger partial charge in [0.15, 0.2) is 0 Å². The van der Waals surface area contributed by atoms with E-state index in [0.29, 0.717) is 0 Å². The molecular formula is C24H25NO2. The van der Waals surface area contributed by atoms with Crippen LogP contribution in [0.1, 0.15) is 37.9 Å². The summed E-state index contributed by atoms with van der Waals surface area (Å²) in [6, 6.07) is 24.2. The van der Waals surface area contributed by atoms with E-state index in [0.717, 1.165) is 11.1 Å². The van der Waals surface area contributed by atoms with Crippen LogP contribution in [0.4, 0.5) is 4.79 Å². The van der Waals surface area contributed by atoms with E-state index >= 15 is 0 Å². The smallest absolute Gasteiger partial charge is 0.408 e. The molecule has 0 fully saturated rings. The Kier molecular flexibility index (Phi) is 5.60. The monoisotopic (exact) mass is 359 g/mol. The number of carbonyl (C=O) groups is 1. The molecule has 3 aromatic rings. The molecule has 0 saturated heterocycles. The summed E-state index contributed by atoms with van der Waals surface area (Å²) in [5.41, 5.74) is 1.55. The van der Waals surface area contributed by atoms with E-state index in [4.69, 9.17) is 4.74 Å². The second-order valence-electron chi connectivity index (χ2n) is 7.50. The molecule has 0 unspecified atom stereocenters. The Balaban J connectivity index is 1.83. The molecule has 0 aliphatic heterocycles. The van der Waals surface area contributed by atoms with Crippen LogP contribution in [0.25, 0.3) is 16.8 Å². The van der Waals surface area contributed by atoms with Gasteiger partial charge < -0.3 is 10.1 Å². The Bertz CT molecular complexity index is 939. The van der Waals surface area contributed by atoms with Crippen molar-refractivity contribution in [1.29, 1.82) is 0 Å². The minimum absolute atomic E-state index is 0.271. The number of benzene rings is 3. The van der Waals surface area contributed by atoms with Crippen LogP contribution in [0.15, 0.2) is 78.9 Å². The van der Waals surface area contributed by atoms with Gasteiger partial charge in [0, 0.05) is 0 Å². The highest BCUT2D eigenvalue weighted by Crippen LogP contribution is 2.20. The van der Waals surface area contributed by atoms with Gasteiger partial charge in [-0.1, -0.05) is 78.9 Å². The number of hydrogen-bond acceptors (Lipinski definition) is 2. The highest BCUT2D eigenvalue weighted by molar-refractivity contribution is 5.84. The fourth-order valence-corrected chi connectivity index (χ4v) is 2.86.